The van der Waals surface area contributed by atoms with E-state index in [0.29, 0.717) is 29.2 Å². The van der Waals surface area contributed by atoms with Crippen LogP contribution < -0.4 is 21.1 Å². The highest BCUT2D eigenvalue weighted by Gasteiger charge is 2.44. The molecule has 2 N–H and O–H groups in total. The van der Waals surface area contributed by atoms with Crippen molar-refractivity contribution in [3.8, 4) is 0 Å². The summed E-state index contributed by atoms with van der Waals surface area (Å²) < 4.78 is 3.45. The number of aryl methyl sites for hydroxylation is 1. The first-order valence-corrected chi connectivity index (χ1v) is 10.8. The van der Waals surface area contributed by atoms with Gasteiger partial charge in [0.2, 0.25) is 5.95 Å². The third kappa shape index (κ3) is 2.40. The molecule has 8 nitrogen and oxygen atoms in total. The van der Waals surface area contributed by atoms with Gasteiger partial charge >= 0.3 is 0 Å². The maximum Gasteiger partial charge on any atom is 0.278 e. The Balaban J connectivity index is 1.43. The summed E-state index contributed by atoms with van der Waals surface area (Å²) >= 11 is 6.74. The third-order valence-electron chi connectivity index (χ3n) is 7.02. The number of nitrogens with zero attached hydrogens (tertiary/aromatic N) is 6. The molecular weight excluding hydrogens is 402 g/mol. The maximum atomic E-state index is 13.4. The summed E-state index contributed by atoms with van der Waals surface area (Å²) in [6.07, 6.45) is 4.71. The number of anilines is 3. The Labute approximate surface area is 178 Å². The van der Waals surface area contributed by atoms with Crippen LogP contribution in [0.15, 0.2) is 23.1 Å². The SMILES string of the molecule is Cn1cc2c(Cl)c(N3CCc4nc(N5CC6CC5CC6N)n(C)c(=O)c43)ccc2n1. The quantitative estimate of drug-likeness (QED) is 0.675. The largest absolute Gasteiger partial charge is 0.339 e. The predicted octanol–water partition coefficient (Wildman–Crippen LogP) is 1.94. The van der Waals surface area contributed by atoms with E-state index in [1.165, 1.54) is 0 Å². The Hall–Kier alpha value is -2.58. The van der Waals surface area contributed by atoms with Crippen molar-refractivity contribution in [2.24, 2.45) is 25.7 Å². The lowest BCUT2D eigenvalue weighted by atomic mass is 10.0. The van der Waals surface area contributed by atoms with Crippen molar-refractivity contribution in [2.45, 2.75) is 31.3 Å². The predicted molar refractivity (Wildman–Crippen MR) is 118 cm³/mol. The second-order valence-corrected chi connectivity index (χ2v) is 9.19. The minimum absolute atomic E-state index is 0.0260. The molecule has 2 aliphatic heterocycles. The number of nitrogens with two attached hydrogens (primary N) is 1. The zero-order valence-corrected chi connectivity index (χ0v) is 17.8. The van der Waals surface area contributed by atoms with Gasteiger partial charge in [0.15, 0.2) is 0 Å². The fourth-order valence-electron chi connectivity index (χ4n) is 5.51. The van der Waals surface area contributed by atoms with Gasteiger partial charge in [0.1, 0.15) is 5.69 Å². The number of benzene rings is 1. The number of hydrogen-bond acceptors (Lipinski definition) is 6. The van der Waals surface area contributed by atoms with Crippen molar-refractivity contribution in [3.05, 3.63) is 39.4 Å². The Morgan fingerprint density at radius 1 is 1.23 bits per heavy atom. The lowest BCUT2D eigenvalue weighted by Gasteiger charge is -2.32. The first-order valence-electron chi connectivity index (χ1n) is 10.4. The molecule has 1 saturated heterocycles. The lowest BCUT2D eigenvalue weighted by Crippen LogP contribution is -2.44. The zero-order valence-electron chi connectivity index (χ0n) is 17.0. The van der Waals surface area contributed by atoms with Crippen molar-refractivity contribution in [2.75, 3.05) is 22.9 Å². The summed E-state index contributed by atoms with van der Waals surface area (Å²) in [5, 5.41) is 5.92. The van der Waals surface area contributed by atoms with Gasteiger partial charge in [-0.1, -0.05) is 11.6 Å². The van der Waals surface area contributed by atoms with Gasteiger partial charge in [0, 0.05) is 57.3 Å². The molecule has 2 aromatic heterocycles. The van der Waals surface area contributed by atoms with E-state index in [-0.39, 0.29) is 11.6 Å². The van der Waals surface area contributed by atoms with Gasteiger partial charge in [0.25, 0.3) is 5.56 Å². The monoisotopic (exact) mass is 425 g/mol. The van der Waals surface area contributed by atoms with E-state index in [4.69, 9.17) is 22.3 Å². The summed E-state index contributed by atoms with van der Waals surface area (Å²) in [5.41, 5.74) is 9.34. The molecule has 1 saturated carbocycles. The van der Waals surface area contributed by atoms with Crippen LogP contribution in [0.4, 0.5) is 17.3 Å². The highest BCUT2D eigenvalue weighted by atomic mass is 35.5. The smallest absolute Gasteiger partial charge is 0.278 e. The molecular formula is C21H24ClN7O. The van der Waals surface area contributed by atoms with E-state index in [2.05, 4.69) is 10.00 Å². The number of aromatic nitrogens is 4. The van der Waals surface area contributed by atoms with Crippen LogP contribution in [-0.4, -0.2) is 44.5 Å². The number of rotatable bonds is 2. The fourth-order valence-corrected chi connectivity index (χ4v) is 5.82. The minimum atomic E-state index is -0.0260. The third-order valence-corrected chi connectivity index (χ3v) is 7.42. The minimum Gasteiger partial charge on any atom is -0.339 e. The number of fused-ring (bicyclic) bond motifs is 4. The van der Waals surface area contributed by atoms with E-state index < -0.39 is 0 Å². The topological polar surface area (TPSA) is 85.2 Å². The van der Waals surface area contributed by atoms with Crippen LogP contribution in [0.2, 0.25) is 5.02 Å². The highest BCUT2D eigenvalue weighted by Crippen LogP contribution is 2.41. The first-order chi connectivity index (χ1) is 14.4. The molecule has 2 bridgehead atoms. The molecule has 3 atom stereocenters. The van der Waals surface area contributed by atoms with Crippen molar-refractivity contribution < 1.29 is 0 Å². The average molecular weight is 426 g/mol. The van der Waals surface area contributed by atoms with Crippen molar-refractivity contribution in [3.63, 3.8) is 0 Å². The van der Waals surface area contributed by atoms with E-state index in [9.17, 15) is 4.79 Å². The molecule has 0 amide bonds. The van der Waals surface area contributed by atoms with Crippen molar-refractivity contribution in [1.82, 2.24) is 19.3 Å². The van der Waals surface area contributed by atoms with Gasteiger partial charge in [-0.25, -0.2) is 4.98 Å². The van der Waals surface area contributed by atoms with Crippen LogP contribution in [0.25, 0.3) is 10.9 Å². The average Bonchev–Trinajstić information content (AvgIpc) is 3.47. The molecule has 3 aromatic rings. The summed E-state index contributed by atoms with van der Waals surface area (Å²) in [4.78, 5) is 22.7. The Morgan fingerprint density at radius 2 is 2.07 bits per heavy atom. The molecule has 0 radical (unpaired) electrons. The zero-order chi connectivity index (χ0) is 20.7. The first kappa shape index (κ1) is 18.2. The molecule has 6 rings (SSSR count). The second-order valence-electron chi connectivity index (χ2n) is 8.81. The van der Waals surface area contributed by atoms with Crippen LogP contribution >= 0.6 is 11.6 Å². The standard InChI is InChI=1S/C21H24ClN7O/c1-26-10-13-15(25-26)3-4-17(18(13)22)28-6-5-16-19(28)20(30)27(2)21(24-16)29-9-11-7-12(29)8-14(11)23/h3-4,10-12,14H,5-9,23H2,1-2H3. The second kappa shape index (κ2) is 6.21. The number of halogens is 1. The Morgan fingerprint density at radius 3 is 2.80 bits per heavy atom. The molecule has 1 aromatic carbocycles. The van der Waals surface area contributed by atoms with E-state index in [0.717, 1.165) is 54.0 Å². The summed E-state index contributed by atoms with van der Waals surface area (Å²) in [6.45, 7) is 1.57. The fraction of sp³-hybridized carbons (Fsp3) is 0.476. The summed E-state index contributed by atoms with van der Waals surface area (Å²) in [5.74, 6) is 1.27. The van der Waals surface area contributed by atoms with Gasteiger partial charge in [0.05, 0.1) is 21.9 Å². The number of hydrogen-bond donors (Lipinski definition) is 1. The van der Waals surface area contributed by atoms with Crippen molar-refractivity contribution >= 4 is 39.8 Å². The van der Waals surface area contributed by atoms with E-state index in [1.54, 1.807) is 9.25 Å². The molecule has 156 valence electrons. The molecule has 9 heteroatoms. The van der Waals surface area contributed by atoms with Gasteiger partial charge in [-0.3, -0.25) is 14.0 Å². The van der Waals surface area contributed by atoms with Gasteiger partial charge in [-0.15, -0.1) is 0 Å². The maximum absolute atomic E-state index is 13.4. The number of piperidine rings is 1. The summed E-state index contributed by atoms with van der Waals surface area (Å²) in [7, 11) is 3.69. The van der Waals surface area contributed by atoms with E-state index >= 15 is 0 Å². The Bertz CT molecular complexity index is 1250. The molecule has 0 spiro atoms. The molecule has 3 unspecified atom stereocenters. The summed E-state index contributed by atoms with van der Waals surface area (Å²) in [6, 6.07) is 4.56. The van der Waals surface area contributed by atoms with Crippen LogP contribution in [0, 0.1) is 5.92 Å². The van der Waals surface area contributed by atoms with Crippen molar-refractivity contribution in [1.29, 1.82) is 0 Å². The van der Waals surface area contributed by atoms with Crippen LogP contribution in [0.1, 0.15) is 18.5 Å². The highest BCUT2D eigenvalue weighted by molar-refractivity contribution is 6.38. The van der Waals surface area contributed by atoms with Gasteiger partial charge < -0.3 is 15.5 Å². The normalized spacial score (nSPS) is 25.0. The molecule has 4 heterocycles. The van der Waals surface area contributed by atoms with Crippen LogP contribution in [0.3, 0.4) is 0 Å². The lowest BCUT2D eigenvalue weighted by molar-refractivity contribution is 0.465. The molecule has 3 aliphatic rings. The van der Waals surface area contributed by atoms with Crippen LogP contribution in [0.5, 0.6) is 0 Å². The van der Waals surface area contributed by atoms with Crippen LogP contribution in [-0.2, 0) is 20.5 Å². The molecule has 2 fully saturated rings. The molecule has 30 heavy (non-hydrogen) atoms. The van der Waals surface area contributed by atoms with Gasteiger partial charge in [-0.2, -0.15) is 5.10 Å². The molecule has 1 aliphatic carbocycles. The Kier molecular flexibility index (Phi) is 3.77. The van der Waals surface area contributed by atoms with E-state index in [1.807, 2.05) is 37.3 Å². The van der Waals surface area contributed by atoms with Gasteiger partial charge in [-0.05, 0) is 30.9 Å².